The van der Waals surface area contributed by atoms with Gasteiger partial charge in [-0.05, 0) is 49.7 Å². The average Bonchev–Trinajstić information content (AvgIpc) is 3.24. The molecular formula is C21H26N4O2. The summed E-state index contributed by atoms with van der Waals surface area (Å²) in [5.74, 6) is 2.13. The van der Waals surface area contributed by atoms with Crippen LogP contribution in [0.15, 0.2) is 28.7 Å². The minimum atomic E-state index is -0.217. The van der Waals surface area contributed by atoms with E-state index in [1.54, 1.807) is 0 Å². The number of aryl methyl sites for hydroxylation is 2. The summed E-state index contributed by atoms with van der Waals surface area (Å²) in [6.07, 6.45) is 6.12. The van der Waals surface area contributed by atoms with Gasteiger partial charge < -0.3 is 9.32 Å². The van der Waals surface area contributed by atoms with Gasteiger partial charge in [-0.2, -0.15) is 0 Å². The van der Waals surface area contributed by atoms with Gasteiger partial charge in [-0.3, -0.25) is 9.69 Å². The van der Waals surface area contributed by atoms with Crippen LogP contribution in [0, 0.1) is 5.92 Å². The topological polar surface area (TPSA) is 62.5 Å². The van der Waals surface area contributed by atoms with Crippen molar-refractivity contribution in [1.82, 2.24) is 15.1 Å². The van der Waals surface area contributed by atoms with Crippen LogP contribution in [0.5, 0.6) is 0 Å². The molecular weight excluding hydrogens is 340 g/mol. The van der Waals surface area contributed by atoms with Crippen molar-refractivity contribution in [3.63, 3.8) is 0 Å². The number of rotatable bonds is 4. The highest BCUT2D eigenvalue weighted by Gasteiger charge is 2.59. The van der Waals surface area contributed by atoms with Crippen LogP contribution >= 0.6 is 0 Å². The Hall–Kier alpha value is -2.21. The number of anilines is 1. The number of benzene rings is 1. The van der Waals surface area contributed by atoms with Gasteiger partial charge in [0.1, 0.15) is 5.54 Å². The first-order valence-corrected chi connectivity index (χ1v) is 10.2. The van der Waals surface area contributed by atoms with E-state index < -0.39 is 0 Å². The van der Waals surface area contributed by atoms with Crippen LogP contribution in [0.1, 0.15) is 50.0 Å². The first-order valence-electron chi connectivity index (χ1n) is 10.2. The molecule has 3 heterocycles. The maximum atomic E-state index is 13.2. The van der Waals surface area contributed by atoms with Gasteiger partial charge in [0.2, 0.25) is 17.7 Å². The maximum absolute atomic E-state index is 13.2. The molecule has 2 aliphatic heterocycles. The second-order valence-electron chi connectivity index (χ2n) is 8.00. The number of nitrogens with zero attached hydrogens (tertiary/aromatic N) is 4. The van der Waals surface area contributed by atoms with E-state index in [2.05, 4.69) is 33.3 Å². The molecule has 6 nitrogen and oxygen atoms in total. The Morgan fingerprint density at radius 2 is 2.15 bits per heavy atom. The molecule has 0 spiro atoms. The molecule has 0 N–H and O–H groups in total. The summed E-state index contributed by atoms with van der Waals surface area (Å²) < 4.78 is 5.97. The van der Waals surface area contributed by atoms with Gasteiger partial charge in [0.15, 0.2) is 0 Å². The Bertz CT molecular complexity index is 863. The standard InChI is InChI=1S/C21H26N4O2/c1-2-18-22-23-20(27-18)21-11-9-16(21)10-13-24(21)14-19(26)25-12-5-7-15-6-3-4-8-17(15)25/h3-4,6,8,16H,2,5,7,9-14H2,1H3/t16-,21-/m0/s1. The Kier molecular flexibility index (Phi) is 4.04. The van der Waals surface area contributed by atoms with Gasteiger partial charge in [0.25, 0.3) is 0 Å². The van der Waals surface area contributed by atoms with Gasteiger partial charge in [0.05, 0.1) is 6.54 Å². The van der Waals surface area contributed by atoms with Gasteiger partial charge in [-0.15, -0.1) is 10.2 Å². The highest BCUT2D eigenvalue weighted by atomic mass is 16.4. The summed E-state index contributed by atoms with van der Waals surface area (Å²) in [6.45, 7) is 4.18. The fourth-order valence-electron chi connectivity index (χ4n) is 5.18. The molecule has 2 aromatic rings. The molecule has 1 aliphatic carbocycles. The van der Waals surface area contributed by atoms with Crippen molar-refractivity contribution in [2.24, 2.45) is 5.92 Å². The van der Waals surface area contributed by atoms with Crippen molar-refractivity contribution in [3.8, 4) is 0 Å². The molecule has 2 fully saturated rings. The van der Waals surface area contributed by atoms with Crippen molar-refractivity contribution in [1.29, 1.82) is 0 Å². The Morgan fingerprint density at radius 3 is 2.93 bits per heavy atom. The third kappa shape index (κ3) is 2.53. The lowest BCUT2D eigenvalue weighted by Crippen LogP contribution is -2.55. The Morgan fingerprint density at radius 1 is 1.26 bits per heavy atom. The quantitative estimate of drug-likeness (QED) is 0.833. The molecule has 3 aliphatic rings. The van der Waals surface area contributed by atoms with Gasteiger partial charge in [0, 0.05) is 25.2 Å². The first-order chi connectivity index (χ1) is 13.2. The minimum Gasteiger partial charge on any atom is -0.423 e. The summed E-state index contributed by atoms with van der Waals surface area (Å²) in [7, 11) is 0. The number of carbonyl (C=O) groups is 1. The average molecular weight is 366 g/mol. The molecule has 142 valence electrons. The van der Waals surface area contributed by atoms with E-state index >= 15 is 0 Å². The van der Waals surface area contributed by atoms with Gasteiger partial charge in [-0.25, -0.2) is 0 Å². The zero-order chi connectivity index (χ0) is 18.4. The summed E-state index contributed by atoms with van der Waals surface area (Å²) in [6, 6.07) is 8.29. The maximum Gasteiger partial charge on any atom is 0.241 e. The lowest BCUT2D eigenvalue weighted by molar-refractivity contribution is -0.123. The van der Waals surface area contributed by atoms with Crippen molar-refractivity contribution in [2.75, 3.05) is 24.5 Å². The normalized spacial score (nSPS) is 27.1. The fraction of sp³-hybridized carbons (Fsp3) is 0.571. The van der Waals surface area contributed by atoms with E-state index in [-0.39, 0.29) is 11.4 Å². The summed E-state index contributed by atoms with van der Waals surface area (Å²) in [5.41, 5.74) is 2.14. The van der Waals surface area contributed by atoms with Crippen molar-refractivity contribution in [2.45, 2.75) is 51.0 Å². The number of aromatic nitrogens is 2. The minimum absolute atomic E-state index is 0.185. The van der Waals surface area contributed by atoms with Crippen molar-refractivity contribution >= 4 is 11.6 Å². The fourth-order valence-corrected chi connectivity index (χ4v) is 5.18. The van der Waals surface area contributed by atoms with Crippen molar-refractivity contribution < 1.29 is 9.21 Å². The second-order valence-corrected chi connectivity index (χ2v) is 8.00. The molecule has 1 aromatic heterocycles. The molecule has 2 atom stereocenters. The van der Waals surface area contributed by atoms with Crippen molar-refractivity contribution in [3.05, 3.63) is 41.6 Å². The highest BCUT2D eigenvalue weighted by Crippen LogP contribution is 2.56. The monoisotopic (exact) mass is 366 g/mol. The van der Waals surface area contributed by atoms with E-state index in [1.165, 1.54) is 12.0 Å². The van der Waals surface area contributed by atoms with Gasteiger partial charge >= 0.3 is 0 Å². The summed E-state index contributed by atoms with van der Waals surface area (Å²) >= 11 is 0. The molecule has 27 heavy (non-hydrogen) atoms. The van der Waals surface area contributed by atoms with Crippen LogP contribution in [-0.2, 0) is 23.2 Å². The predicted octanol–water partition coefficient (Wildman–Crippen LogP) is 2.92. The largest absolute Gasteiger partial charge is 0.423 e. The molecule has 0 unspecified atom stereocenters. The third-order valence-corrected chi connectivity index (χ3v) is 6.74. The van der Waals surface area contributed by atoms with Gasteiger partial charge in [-0.1, -0.05) is 25.1 Å². The number of carbonyl (C=O) groups excluding carboxylic acids is 1. The number of para-hydroxylation sites is 1. The molecule has 1 saturated heterocycles. The molecule has 0 radical (unpaired) electrons. The van der Waals surface area contributed by atoms with E-state index in [1.807, 2.05) is 17.9 Å². The number of hydrogen-bond acceptors (Lipinski definition) is 5. The summed E-state index contributed by atoms with van der Waals surface area (Å²) in [5, 5.41) is 8.55. The lowest BCUT2D eigenvalue weighted by atomic mass is 9.67. The van der Waals surface area contributed by atoms with Crippen LogP contribution in [0.2, 0.25) is 0 Å². The van der Waals surface area contributed by atoms with Crippen LogP contribution in [0.4, 0.5) is 5.69 Å². The lowest BCUT2D eigenvalue weighted by Gasteiger charge is -2.47. The first kappa shape index (κ1) is 16.9. The molecule has 0 bridgehead atoms. The number of amides is 1. The van der Waals surface area contributed by atoms with E-state index in [0.29, 0.717) is 18.4 Å². The van der Waals surface area contributed by atoms with E-state index in [4.69, 9.17) is 4.42 Å². The third-order valence-electron chi connectivity index (χ3n) is 6.74. The second kappa shape index (κ2) is 6.44. The van der Waals surface area contributed by atoms with E-state index in [0.717, 1.165) is 56.8 Å². The Balaban J connectivity index is 1.40. The zero-order valence-corrected chi connectivity index (χ0v) is 15.9. The van der Waals surface area contributed by atoms with E-state index in [9.17, 15) is 4.79 Å². The van der Waals surface area contributed by atoms with Crippen LogP contribution in [-0.4, -0.2) is 40.6 Å². The number of hydrogen-bond donors (Lipinski definition) is 0. The molecule has 1 aromatic carbocycles. The number of fused-ring (bicyclic) bond motifs is 2. The molecule has 1 saturated carbocycles. The predicted molar refractivity (Wildman–Crippen MR) is 101 cm³/mol. The zero-order valence-electron chi connectivity index (χ0n) is 15.9. The summed E-state index contributed by atoms with van der Waals surface area (Å²) in [4.78, 5) is 17.5. The molecule has 5 rings (SSSR count). The van der Waals surface area contributed by atoms with Crippen LogP contribution in [0.25, 0.3) is 0 Å². The smallest absolute Gasteiger partial charge is 0.241 e. The molecule has 1 amide bonds. The number of likely N-dealkylation sites (tertiary alicyclic amines) is 1. The van der Waals surface area contributed by atoms with Crippen LogP contribution < -0.4 is 4.90 Å². The highest BCUT2D eigenvalue weighted by molar-refractivity contribution is 5.96. The Labute approximate surface area is 159 Å². The molecule has 6 heteroatoms. The SMILES string of the molecule is CCc1nnc([C@]23CC[C@H]2CCN3CC(=O)N2CCCc3ccccc32)o1. The van der Waals surface area contributed by atoms with Crippen LogP contribution in [0.3, 0.4) is 0 Å².